The topological polar surface area (TPSA) is 45.2 Å². The van der Waals surface area contributed by atoms with Crippen LogP contribution in [0.3, 0.4) is 0 Å². The highest BCUT2D eigenvalue weighted by atomic mass is 35.5. The largest absolute Gasteiger partial charge is 0.373 e. The van der Waals surface area contributed by atoms with Crippen molar-refractivity contribution in [1.29, 1.82) is 0 Å². The molecule has 1 amide bonds. The number of carbonyl (C=O) groups excluding carboxylic acids is 1. The van der Waals surface area contributed by atoms with Gasteiger partial charge in [0.05, 0.1) is 0 Å². The van der Waals surface area contributed by atoms with Crippen molar-refractivity contribution in [2.45, 2.75) is 44.6 Å². The minimum Gasteiger partial charge on any atom is -0.373 e. The molecule has 1 aromatic rings. The zero-order chi connectivity index (χ0) is 14.5. The van der Waals surface area contributed by atoms with E-state index >= 15 is 0 Å². The molecule has 5 heteroatoms. The molecule has 0 aromatic carbocycles. The summed E-state index contributed by atoms with van der Waals surface area (Å²) in [5, 5.41) is 3.27. The zero-order valence-corrected chi connectivity index (χ0v) is 12.9. The van der Waals surface area contributed by atoms with Crippen LogP contribution in [-0.2, 0) is 0 Å². The third-order valence-electron chi connectivity index (χ3n) is 3.99. The molecular weight excluding hydrogens is 274 g/mol. The Morgan fingerprint density at radius 3 is 2.55 bits per heavy atom. The Morgan fingerprint density at radius 2 is 1.95 bits per heavy atom. The second kappa shape index (κ2) is 6.93. The lowest BCUT2D eigenvalue weighted by Crippen LogP contribution is -2.36. The summed E-state index contributed by atoms with van der Waals surface area (Å²) in [6.45, 7) is 0. The fourth-order valence-electron chi connectivity index (χ4n) is 2.76. The van der Waals surface area contributed by atoms with Gasteiger partial charge in [0, 0.05) is 25.7 Å². The van der Waals surface area contributed by atoms with E-state index in [0.29, 0.717) is 22.6 Å². The molecule has 1 heterocycles. The number of anilines is 1. The van der Waals surface area contributed by atoms with Gasteiger partial charge in [0.25, 0.3) is 5.91 Å². The molecule has 4 nitrogen and oxygen atoms in total. The van der Waals surface area contributed by atoms with Gasteiger partial charge >= 0.3 is 0 Å². The van der Waals surface area contributed by atoms with Gasteiger partial charge in [0.1, 0.15) is 11.0 Å². The summed E-state index contributed by atoms with van der Waals surface area (Å²) in [5.74, 6) is 0.646. The smallest absolute Gasteiger partial charge is 0.254 e. The van der Waals surface area contributed by atoms with Gasteiger partial charge in [-0.25, -0.2) is 4.98 Å². The number of aromatic nitrogens is 1. The SMILES string of the molecule is CNc1cc(C(=O)N(C)C2CCCCCC2)cc(Cl)n1. The second-order valence-corrected chi connectivity index (χ2v) is 5.76. The maximum absolute atomic E-state index is 12.6. The molecule has 1 aromatic heterocycles. The molecule has 0 atom stereocenters. The average Bonchev–Trinajstić information content (AvgIpc) is 2.74. The van der Waals surface area contributed by atoms with E-state index in [0.717, 1.165) is 12.8 Å². The van der Waals surface area contributed by atoms with Gasteiger partial charge in [0.15, 0.2) is 0 Å². The van der Waals surface area contributed by atoms with E-state index in [9.17, 15) is 4.79 Å². The predicted octanol–water partition coefficient (Wildman–Crippen LogP) is 3.57. The highest BCUT2D eigenvalue weighted by molar-refractivity contribution is 6.29. The first-order chi connectivity index (χ1) is 9.61. The number of hydrogen-bond donors (Lipinski definition) is 1. The van der Waals surface area contributed by atoms with Crippen LogP contribution >= 0.6 is 11.6 Å². The molecule has 20 heavy (non-hydrogen) atoms. The number of pyridine rings is 1. The molecule has 110 valence electrons. The number of amides is 1. The van der Waals surface area contributed by atoms with Gasteiger partial charge in [-0.05, 0) is 25.0 Å². The predicted molar refractivity (Wildman–Crippen MR) is 82.4 cm³/mol. The molecule has 1 N–H and O–H groups in total. The minimum atomic E-state index is 0.0256. The molecular formula is C15H22ClN3O. The molecule has 2 rings (SSSR count). The zero-order valence-electron chi connectivity index (χ0n) is 12.2. The number of carbonyl (C=O) groups is 1. The molecule has 1 saturated carbocycles. The summed E-state index contributed by atoms with van der Waals surface area (Å²) >= 11 is 5.97. The van der Waals surface area contributed by atoms with Gasteiger partial charge in [-0.2, -0.15) is 0 Å². The average molecular weight is 296 g/mol. The van der Waals surface area contributed by atoms with Crippen LogP contribution in [0.5, 0.6) is 0 Å². The first kappa shape index (κ1) is 15.1. The summed E-state index contributed by atoms with van der Waals surface area (Å²) in [7, 11) is 3.66. The van der Waals surface area contributed by atoms with Crippen LogP contribution in [-0.4, -0.2) is 35.9 Å². The quantitative estimate of drug-likeness (QED) is 0.685. The van der Waals surface area contributed by atoms with E-state index in [1.807, 2.05) is 11.9 Å². The van der Waals surface area contributed by atoms with E-state index in [1.54, 1.807) is 19.2 Å². The van der Waals surface area contributed by atoms with Gasteiger partial charge < -0.3 is 10.2 Å². The molecule has 1 aliphatic rings. The molecule has 0 spiro atoms. The third kappa shape index (κ3) is 3.63. The summed E-state index contributed by atoms with van der Waals surface area (Å²) in [6, 6.07) is 3.73. The monoisotopic (exact) mass is 295 g/mol. The first-order valence-electron chi connectivity index (χ1n) is 7.24. The van der Waals surface area contributed by atoms with Crippen LogP contribution < -0.4 is 5.32 Å². The van der Waals surface area contributed by atoms with Gasteiger partial charge in [-0.1, -0.05) is 37.3 Å². The van der Waals surface area contributed by atoms with Crippen molar-refractivity contribution in [3.05, 3.63) is 22.8 Å². The Hall–Kier alpha value is -1.29. The molecule has 0 unspecified atom stereocenters. The first-order valence-corrected chi connectivity index (χ1v) is 7.62. The van der Waals surface area contributed by atoms with Crippen molar-refractivity contribution in [2.75, 3.05) is 19.4 Å². The Balaban J connectivity index is 2.14. The van der Waals surface area contributed by atoms with Crippen molar-refractivity contribution in [3.8, 4) is 0 Å². The lowest BCUT2D eigenvalue weighted by molar-refractivity contribution is 0.0717. The van der Waals surface area contributed by atoms with Crippen molar-refractivity contribution in [3.63, 3.8) is 0 Å². The lowest BCUT2D eigenvalue weighted by Gasteiger charge is -2.27. The summed E-state index contributed by atoms with van der Waals surface area (Å²) < 4.78 is 0. The number of hydrogen-bond acceptors (Lipinski definition) is 3. The molecule has 1 fully saturated rings. The van der Waals surface area contributed by atoms with Crippen LogP contribution in [0.1, 0.15) is 48.9 Å². The summed E-state index contributed by atoms with van der Waals surface area (Å²) in [5.41, 5.74) is 0.598. The number of halogens is 1. The Morgan fingerprint density at radius 1 is 1.30 bits per heavy atom. The van der Waals surface area contributed by atoms with E-state index in [4.69, 9.17) is 11.6 Å². The van der Waals surface area contributed by atoms with Crippen LogP contribution in [0, 0.1) is 0 Å². The third-order valence-corrected chi connectivity index (χ3v) is 4.18. The van der Waals surface area contributed by atoms with Crippen LogP contribution in [0.15, 0.2) is 12.1 Å². The minimum absolute atomic E-state index is 0.0256. The maximum Gasteiger partial charge on any atom is 0.254 e. The molecule has 1 aliphatic carbocycles. The van der Waals surface area contributed by atoms with Crippen molar-refractivity contribution in [1.82, 2.24) is 9.88 Å². The van der Waals surface area contributed by atoms with Gasteiger partial charge in [-0.3, -0.25) is 4.79 Å². The Labute approximate surface area is 125 Å². The standard InChI is InChI=1S/C15H22ClN3O/c1-17-14-10-11(9-13(16)18-14)15(20)19(2)12-7-5-3-4-6-8-12/h9-10,12H,3-8H2,1-2H3,(H,17,18). The van der Waals surface area contributed by atoms with Crippen LogP contribution in [0.2, 0.25) is 5.15 Å². The van der Waals surface area contributed by atoms with E-state index < -0.39 is 0 Å². The van der Waals surface area contributed by atoms with Crippen molar-refractivity contribution < 1.29 is 4.79 Å². The molecule has 0 aliphatic heterocycles. The Kier molecular flexibility index (Phi) is 5.24. The Bertz CT molecular complexity index is 470. The highest BCUT2D eigenvalue weighted by Crippen LogP contribution is 2.23. The normalized spacial score (nSPS) is 16.6. The fourth-order valence-corrected chi connectivity index (χ4v) is 2.97. The maximum atomic E-state index is 12.6. The number of nitrogens with zero attached hydrogens (tertiary/aromatic N) is 2. The molecule has 0 bridgehead atoms. The fraction of sp³-hybridized carbons (Fsp3) is 0.600. The van der Waals surface area contributed by atoms with Crippen molar-refractivity contribution in [2.24, 2.45) is 0 Å². The summed E-state index contributed by atoms with van der Waals surface area (Å²) in [4.78, 5) is 18.6. The number of rotatable bonds is 3. The van der Waals surface area contributed by atoms with Crippen LogP contribution in [0.25, 0.3) is 0 Å². The molecule has 0 saturated heterocycles. The van der Waals surface area contributed by atoms with Crippen LogP contribution in [0.4, 0.5) is 5.82 Å². The van der Waals surface area contributed by atoms with Gasteiger partial charge in [0.2, 0.25) is 0 Å². The number of nitrogens with one attached hydrogen (secondary N) is 1. The van der Waals surface area contributed by atoms with E-state index in [1.165, 1.54) is 25.7 Å². The second-order valence-electron chi connectivity index (χ2n) is 5.38. The van der Waals surface area contributed by atoms with Gasteiger partial charge in [-0.15, -0.1) is 0 Å². The van der Waals surface area contributed by atoms with Crippen molar-refractivity contribution >= 4 is 23.3 Å². The van der Waals surface area contributed by atoms with E-state index in [-0.39, 0.29) is 5.91 Å². The summed E-state index contributed by atoms with van der Waals surface area (Å²) in [6.07, 6.45) is 7.18. The molecule has 0 radical (unpaired) electrons. The lowest BCUT2D eigenvalue weighted by atomic mass is 10.1. The highest BCUT2D eigenvalue weighted by Gasteiger charge is 2.22. The van der Waals surface area contributed by atoms with E-state index in [2.05, 4.69) is 10.3 Å².